The first-order valence-electron chi connectivity index (χ1n) is 15.2. The lowest BCUT2D eigenvalue weighted by Crippen LogP contribution is -2.41. The summed E-state index contributed by atoms with van der Waals surface area (Å²) in [7, 11) is 0. The van der Waals surface area contributed by atoms with Crippen LogP contribution in [0.25, 0.3) is 0 Å². The van der Waals surface area contributed by atoms with Crippen molar-refractivity contribution in [2.45, 2.75) is 31.6 Å². The number of hydrogen-bond acceptors (Lipinski definition) is 5. The maximum Gasteiger partial charge on any atom is 0.316 e. The van der Waals surface area contributed by atoms with E-state index in [1.54, 1.807) is 29.2 Å². The number of carbonyl (C=O) groups excluding carboxylic acids is 4. The monoisotopic (exact) mass is 582 g/mol. The van der Waals surface area contributed by atoms with Gasteiger partial charge in [0, 0.05) is 30.5 Å². The SMILES string of the molecule is CCc1ccc(N2C[C@@H](C(=O)Oc3ccc(N4C(=O)[C@@H]5C6c7ccccc7C(c7ccccc76)[C@@H]5C4=O)cc3)CC2=O)cc1. The fourth-order valence-electron chi connectivity index (χ4n) is 7.82. The molecule has 5 aliphatic rings. The van der Waals surface area contributed by atoms with Gasteiger partial charge in [0.05, 0.1) is 23.4 Å². The number of aryl methyl sites for hydroxylation is 1. The number of esters is 1. The summed E-state index contributed by atoms with van der Waals surface area (Å²) in [6.07, 6.45) is 0.992. The van der Waals surface area contributed by atoms with Gasteiger partial charge in [0.1, 0.15) is 5.75 Å². The van der Waals surface area contributed by atoms with Crippen molar-refractivity contribution in [3.8, 4) is 5.75 Å². The van der Waals surface area contributed by atoms with E-state index in [0.29, 0.717) is 11.4 Å². The zero-order valence-electron chi connectivity index (χ0n) is 24.2. The Labute approximate surface area is 255 Å². The summed E-state index contributed by atoms with van der Waals surface area (Å²) in [6.45, 7) is 2.33. The van der Waals surface area contributed by atoms with Gasteiger partial charge in [0.25, 0.3) is 0 Å². The topological polar surface area (TPSA) is 84.0 Å². The smallest absolute Gasteiger partial charge is 0.316 e. The second kappa shape index (κ2) is 10.0. The average Bonchev–Trinajstić information content (AvgIpc) is 3.58. The van der Waals surface area contributed by atoms with Crippen molar-refractivity contribution in [2.24, 2.45) is 17.8 Å². The molecule has 7 heteroatoms. The van der Waals surface area contributed by atoms with E-state index in [2.05, 4.69) is 31.2 Å². The Hall–Kier alpha value is -5.04. The van der Waals surface area contributed by atoms with E-state index in [4.69, 9.17) is 4.74 Å². The van der Waals surface area contributed by atoms with Gasteiger partial charge < -0.3 is 9.64 Å². The minimum absolute atomic E-state index is 0.0825. The highest BCUT2D eigenvalue weighted by molar-refractivity contribution is 6.23. The van der Waals surface area contributed by atoms with Gasteiger partial charge in [-0.25, -0.2) is 4.90 Å². The molecule has 0 saturated carbocycles. The summed E-state index contributed by atoms with van der Waals surface area (Å²) in [6, 6.07) is 30.6. The zero-order chi connectivity index (χ0) is 30.1. The third-order valence-electron chi connectivity index (χ3n) is 9.88. The lowest BCUT2D eigenvalue weighted by Gasteiger charge is -2.45. The van der Waals surface area contributed by atoms with E-state index < -0.39 is 23.7 Å². The number of anilines is 2. The molecular formula is C37H30N2O5. The van der Waals surface area contributed by atoms with Crippen LogP contribution in [0, 0.1) is 17.8 Å². The van der Waals surface area contributed by atoms with Crippen LogP contribution in [0.2, 0.25) is 0 Å². The first-order chi connectivity index (χ1) is 21.4. The van der Waals surface area contributed by atoms with E-state index in [9.17, 15) is 19.2 Å². The van der Waals surface area contributed by atoms with Gasteiger partial charge >= 0.3 is 5.97 Å². The third-order valence-corrected chi connectivity index (χ3v) is 9.88. The normalized spacial score (nSPS) is 24.8. The van der Waals surface area contributed by atoms with Crippen molar-refractivity contribution < 1.29 is 23.9 Å². The predicted molar refractivity (Wildman–Crippen MR) is 164 cm³/mol. The number of amides is 3. The van der Waals surface area contributed by atoms with Crippen molar-refractivity contribution in [1.29, 1.82) is 0 Å². The fourth-order valence-corrected chi connectivity index (χ4v) is 7.82. The quantitative estimate of drug-likeness (QED) is 0.174. The number of ether oxygens (including phenoxy) is 1. The Bertz CT molecular complexity index is 1730. The van der Waals surface area contributed by atoms with Crippen LogP contribution in [0.3, 0.4) is 0 Å². The summed E-state index contributed by atoms with van der Waals surface area (Å²) in [5.41, 5.74) is 6.92. The minimum atomic E-state index is -0.586. The molecule has 3 amide bonds. The molecule has 0 unspecified atom stereocenters. The van der Waals surface area contributed by atoms with Gasteiger partial charge in [-0.05, 0) is 70.6 Å². The fraction of sp³-hybridized carbons (Fsp3) is 0.243. The summed E-state index contributed by atoms with van der Waals surface area (Å²) >= 11 is 0. The highest BCUT2D eigenvalue weighted by atomic mass is 16.5. The molecule has 3 aliphatic carbocycles. The van der Waals surface area contributed by atoms with E-state index in [1.165, 1.54) is 10.5 Å². The highest BCUT2D eigenvalue weighted by Crippen LogP contribution is 2.61. The van der Waals surface area contributed by atoms with Crippen LogP contribution in [0.5, 0.6) is 5.75 Å². The first kappa shape index (κ1) is 26.6. The molecule has 2 fully saturated rings. The van der Waals surface area contributed by atoms with Gasteiger partial charge in [-0.2, -0.15) is 0 Å². The summed E-state index contributed by atoms with van der Waals surface area (Å²) in [4.78, 5) is 56.7. The lowest BCUT2D eigenvalue weighted by molar-refractivity contribution is -0.139. The first-order valence-corrected chi connectivity index (χ1v) is 15.2. The molecule has 0 aromatic heterocycles. The predicted octanol–water partition coefficient (Wildman–Crippen LogP) is 5.60. The van der Waals surface area contributed by atoms with Gasteiger partial charge in [0.15, 0.2) is 0 Å². The molecule has 0 N–H and O–H groups in total. The maximum atomic E-state index is 14.0. The molecule has 9 rings (SSSR count). The molecule has 7 nitrogen and oxygen atoms in total. The van der Waals surface area contributed by atoms with Crippen LogP contribution >= 0.6 is 0 Å². The number of carbonyl (C=O) groups is 4. The van der Waals surface area contributed by atoms with E-state index in [0.717, 1.165) is 34.4 Å². The van der Waals surface area contributed by atoms with Gasteiger partial charge in [-0.3, -0.25) is 19.2 Å². The molecule has 2 heterocycles. The molecule has 2 saturated heterocycles. The van der Waals surface area contributed by atoms with Crippen LogP contribution < -0.4 is 14.5 Å². The number of hydrogen-bond donors (Lipinski definition) is 0. The zero-order valence-corrected chi connectivity index (χ0v) is 24.2. The second-order valence-electron chi connectivity index (χ2n) is 12.1. The Morgan fingerprint density at radius 3 is 1.70 bits per heavy atom. The average molecular weight is 583 g/mol. The van der Waals surface area contributed by atoms with E-state index in [1.807, 2.05) is 48.5 Å². The molecule has 2 bridgehead atoms. The maximum absolute atomic E-state index is 14.0. The molecular weight excluding hydrogens is 552 g/mol. The molecule has 0 spiro atoms. The largest absolute Gasteiger partial charge is 0.426 e. The van der Waals surface area contributed by atoms with Crippen molar-refractivity contribution in [3.05, 3.63) is 125 Å². The molecule has 4 aromatic carbocycles. The van der Waals surface area contributed by atoms with Gasteiger partial charge in [-0.15, -0.1) is 0 Å². The third kappa shape index (κ3) is 3.88. The molecule has 44 heavy (non-hydrogen) atoms. The second-order valence-corrected chi connectivity index (χ2v) is 12.1. The summed E-state index contributed by atoms with van der Waals surface area (Å²) in [5, 5.41) is 0. The van der Waals surface area contributed by atoms with Crippen molar-refractivity contribution in [2.75, 3.05) is 16.3 Å². The van der Waals surface area contributed by atoms with Crippen LogP contribution in [-0.4, -0.2) is 30.2 Å². The van der Waals surface area contributed by atoms with Crippen LogP contribution in [0.4, 0.5) is 11.4 Å². The molecule has 218 valence electrons. The van der Waals surface area contributed by atoms with Crippen molar-refractivity contribution in [1.82, 2.24) is 0 Å². The van der Waals surface area contributed by atoms with Crippen LogP contribution in [0.15, 0.2) is 97.1 Å². The van der Waals surface area contributed by atoms with Crippen molar-refractivity contribution >= 4 is 35.1 Å². The molecule has 3 atom stereocenters. The number of rotatable bonds is 5. The van der Waals surface area contributed by atoms with E-state index in [-0.39, 0.29) is 42.5 Å². The molecule has 2 aliphatic heterocycles. The van der Waals surface area contributed by atoms with Gasteiger partial charge in [0.2, 0.25) is 17.7 Å². The number of imide groups is 1. The minimum Gasteiger partial charge on any atom is -0.426 e. The Balaban J connectivity index is 1.01. The van der Waals surface area contributed by atoms with Crippen LogP contribution in [0.1, 0.15) is 53.0 Å². The Morgan fingerprint density at radius 1 is 0.705 bits per heavy atom. The summed E-state index contributed by atoms with van der Waals surface area (Å²) in [5.74, 6) is -2.53. The standard InChI is InChI=1S/C37H30N2O5/c1-2-21-11-13-23(14-12-21)38-20-22(19-30(38)40)37(43)44-25-17-15-24(16-18-25)39-35(41)33-31-26-7-3-4-8-27(26)32(34(33)36(39)42)29-10-6-5-9-28(29)31/h3-18,22,31-34H,2,19-20H2,1H3/t22-,31?,32?,33-,34+/m0/s1. The summed E-state index contributed by atoms with van der Waals surface area (Å²) < 4.78 is 5.66. The molecule has 4 aromatic rings. The van der Waals surface area contributed by atoms with Gasteiger partial charge in [-0.1, -0.05) is 67.6 Å². The van der Waals surface area contributed by atoms with Crippen LogP contribution in [-0.2, 0) is 25.6 Å². The molecule has 0 radical (unpaired) electrons. The highest BCUT2D eigenvalue weighted by Gasteiger charge is 2.61. The van der Waals surface area contributed by atoms with Crippen molar-refractivity contribution in [3.63, 3.8) is 0 Å². The Kier molecular flexibility index (Phi) is 6.05. The Morgan fingerprint density at radius 2 is 1.20 bits per heavy atom. The van der Waals surface area contributed by atoms with E-state index >= 15 is 0 Å². The lowest BCUT2D eigenvalue weighted by atomic mass is 9.55. The number of nitrogens with zero attached hydrogens (tertiary/aromatic N) is 2. The number of benzene rings is 4.